The van der Waals surface area contributed by atoms with Crippen molar-refractivity contribution < 1.29 is 18.7 Å². The van der Waals surface area contributed by atoms with E-state index in [9.17, 15) is 9.18 Å². The van der Waals surface area contributed by atoms with Crippen LogP contribution >= 0.6 is 23.2 Å². The molecule has 0 N–H and O–H groups in total. The SMILES string of the molecule is O=C(c1cc(F)c(Cl)cc1Cl)N1CCN(Cc2ccc3c(c2)OCO3)CC1. The first-order chi connectivity index (χ1) is 13.0. The van der Waals surface area contributed by atoms with Gasteiger partial charge in [0.05, 0.1) is 15.6 Å². The Morgan fingerprint density at radius 2 is 1.74 bits per heavy atom. The zero-order valence-corrected chi connectivity index (χ0v) is 15.9. The number of carbonyl (C=O) groups is 1. The van der Waals surface area contributed by atoms with Crippen molar-refractivity contribution in [2.45, 2.75) is 6.54 Å². The van der Waals surface area contributed by atoms with Gasteiger partial charge in [0.1, 0.15) is 5.82 Å². The van der Waals surface area contributed by atoms with E-state index in [0.29, 0.717) is 26.2 Å². The van der Waals surface area contributed by atoms with Crippen LogP contribution in [-0.2, 0) is 6.54 Å². The Hall–Kier alpha value is -2.02. The lowest BCUT2D eigenvalue weighted by atomic mass is 10.1. The molecule has 1 fully saturated rings. The first kappa shape index (κ1) is 18.3. The summed E-state index contributed by atoms with van der Waals surface area (Å²) in [7, 11) is 0. The van der Waals surface area contributed by atoms with E-state index < -0.39 is 5.82 Å². The van der Waals surface area contributed by atoms with Gasteiger partial charge in [-0.1, -0.05) is 29.3 Å². The quantitative estimate of drug-likeness (QED) is 0.721. The number of halogens is 3. The molecule has 27 heavy (non-hydrogen) atoms. The molecule has 0 radical (unpaired) electrons. The number of ether oxygens (including phenoxy) is 2. The fourth-order valence-electron chi connectivity index (χ4n) is 3.26. The van der Waals surface area contributed by atoms with Gasteiger partial charge in [-0.3, -0.25) is 9.69 Å². The van der Waals surface area contributed by atoms with E-state index in [-0.39, 0.29) is 28.3 Å². The topological polar surface area (TPSA) is 42.0 Å². The molecule has 2 aliphatic heterocycles. The minimum atomic E-state index is -0.647. The summed E-state index contributed by atoms with van der Waals surface area (Å²) in [5.74, 6) is 0.603. The van der Waals surface area contributed by atoms with Crippen LogP contribution in [0.4, 0.5) is 4.39 Å². The third-order valence-electron chi connectivity index (χ3n) is 4.74. The van der Waals surface area contributed by atoms with E-state index in [1.807, 2.05) is 18.2 Å². The number of carbonyl (C=O) groups excluding carboxylic acids is 1. The van der Waals surface area contributed by atoms with Crippen molar-refractivity contribution in [3.8, 4) is 11.5 Å². The molecular formula is C19H17Cl2FN2O3. The molecule has 0 aliphatic carbocycles. The zero-order chi connectivity index (χ0) is 19.0. The molecule has 8 heteroatoms. The van der Waals surface area contributed by atoms with Gasteiger partial charge in [0.15, 0.2) is 11.5 Å². The Bertz CT molecular complexity index is 885. The van der Waals surface area contributed by atoms with Crippen LogP contribution in [0, 0.1) is 5.82 Å². The lowest BCUT2D eigenvalue weighted by Gasteiger charge is -2.35. The van der Waals surface area contributed by atoms with Crippen LogP contribution in [0.1, 0.15) is 15.9 Å². The third-order valence-corrected chi connectivity index (χ3v) is 5.35. The number of nitrogens with zero attached hydrogens (tertiary/aromatic N) is 2. The summed E-state index contributed by atoms with van der Waals surface area (Å²) in [5, 5.41) is 0.0688. The number of amides is 1. The first-order valence-electron chi connectivity index (χ1n) is 8.56. The van der Waals surface area contributed by atoms with E-state index in [4.69, 9.17) is 32.7 Å². The Labute approximate surface area is 166 Å². The van der Waals surface area contributed by atoms with Crippen LogP contribution in [0.3, 0.4) is 0 Å². The van der Waals surface area contributed by atoms with Crippen molar-refractivity contribution in [1.82, 2.24) is 9.80 Å². The van der Waals surface area contributed by atoms with Gasteiger partial charge >= 0.3 is 0 Å². The zero-order valence-electron chi connectivity index (χ0n) is 14.4. The molecule has 0 spiro atoms. The van der Waals surface area contributed by atoms with E-state index in [0.717, 1.165) is 29.7 Å². The monoisotopic (exact) mass is 410 g/mol. The van der Waals surface area contributed by atoms with Crippen molar-refractivity contribution in [3.63, 3.8) is 0 Å². The molecule has 5 nitrogen and oxygen atoms in total. The number of fused-ring (bicyclic) bond motifs is 1. The number of hydrogen-bond donors (Lipinski definition) is 0. The second-order valence-corrected chi connectivity index (χ2v) is 7.32. The van der Waals surface area contributed by atoms with Gasteiger partial charge in [0.2, 0.25) is 6.79 Å². The Kier molecular flexibility index (Phi) is 5.12. The number of benzene rings is 2. The lowest BCUT2D eigenvalue weighted by Crippen LogP contribution is -2.48. The van der Waals surface area contributed by atoms with Gasteiger partial charge in [-0.15, -0.1) is 0 Å². The Balaban J connectivity index is 1.37. The highest BCUT2D eigenvalue weighted by atomic mass is 35.5. The third kappa shape index (κ3) is 3.83. The van der Waals surface area contributed by atoms with Crippen LogP contribution in [0.25, 0.3) is 0 Å². The molecule has 4 rings (SSSR count). The molecule has 2 aromatic rings. The highest BCUT2D eigenvalue weighted by Gasteiger charge is 2.25. The summed E-state index contributed by atoms with van der Waals surface area (Å²) >= 11 is 11.8. The highest BCUT2D eigenvalue weighted by Crippen LogP contribution is 2.33. The van der Waals surface area contributed by atoms with Gasteiger partial charge in [-0.05, 0) is 29.8 Å². The van der Waals surface area contributed by atoms with Crippen LogP contribution in [0.15, 0.2) is 30.3 Å². The number of rotatable bonds is 3. The van der Waals surface area contributed by atoms with Crippen molar-refractivity contribution >= 4 is 29.1 Å². The second-order valence-electron chi connectivity index (χ2n) is 6.50. The maximum atomic E-state index is 13.7. The fraction of sp³-hybridized carbons (Fsp3) is 0.316. The lowest BCUT2D eigenvalue weighted by molar-refractivity contribution is 0.0628. The fourth-order valence-corrected chi connectivity index (χ4v) is 3.73. The summed E-state index contributed by atoms with van der Waals surface area (Å²) in [5.41, 5.74) is 1.27. The summed E-state index contributed by atoms with van der Waals surface area (Å²) < 4.78 is 24.4. The van der Waals surface area contributed by atoms with Crippen molar-refractivity contribution in [3.05, 3.63) is 57.3 Å². The standard InChI is InChI=1S/C19H17Cl2FN2O3/c20-14-9-15(21)16(22)8-13(14)19(25)24-5-3-23(4-6-24)10-12-1-2-17-18(7-12)27-11-26-17/h1-2,7-9H,3-6,10-11H2. The second kappa shape index (κ2) is 7.54. The van der Waals surface area contributed by atoms with Crippen molar-refractivity contribution in [2.24, 2.45) is 0 Å². The van der Waals surface area contributed by atoms with Gasteiger partial charge in [0, 0.05) is 32.7 Å². The molecule has 0 saturated carbocycles. The molecule has 0 atom stereocenters. The van der Waals surface area contributed by atoms with Crippen LogP contribution in [0.5, 0.6) is 11.5 Å². The summed E-state index contributed by atoms with van der Waals surface area (Å²) in [6.07, 6.45) is 0. The molecule has 0 bridgehead atoms. The normalized spacial score (nSPS) is 16.6. The minimum Gasteiger partial charge on any atom is -0.454 e. The maximum absolute atomic E-state index is 13.7. The predicted molar refractivity (Wildman–Crippen MR) is 100 cm³/mol. The van der Waals surface area contributed by atoms with Gasteiger partial charge < -0.3 is 14.4 Å². The predicted octanol–water partition coefficient (Wildman–Crippen LogP) is 3.82. The molecule has 2 heterocycles. The largest absolute Gasteiger partial charge is 0.454 e. The van der Waals surface area contributed by atoms with Gasteiger partial charge in [0.25, 0.3) is 5.91 Å². The molecule has 2 aliphatic rings. The molecule has 2 aromatic carbocycles. The molecule has 0 unspecified atom stereocenters. The summed E-state index contributed by atoms with van der Waals surface area (Å²) in [4.78, 5) is 16.6. The molecule has 1 amide bonds. The molecule has 142 valence electrons. The maximum Gasteiger partial charge on any atom is 0.255 e. The smallest absolute Gasteiger partial charge is 0.255 e. The van der Waals surface area contributed by atoms with Crippen LogP contribution in [0.2, 0.25) is 10.0 Å². The van der Waals surface area contributed by atoms with E-state index in [2.05, 4.69) is 4.90 Å². The molecule has 0 aromatic heterocycles. The first-order valence-corrected chi connectivity index (χ1v) is 9.31. The number of hydrogen-bond acceptors (Lipinski definition) is 4. The minimum absolute atomic E-state index is 0.0925. The average molecular weight is 411 g/mol. The molecular weight excluding hydrogens is 394 g/mol. The van der Waals surface area contributed by atoms with Gasteiger partial charge in [-0.25, -0.2) is 4.39 Å². The van der Waals surface area contributed by atoms with E-state index in [1.54, 1.807) is 4.90 Å². The van der Waals surface area contributed by atoms with Crippen LogP contribution in [-0.4, -0.2) is 48.7 Å². The van der Waals surface area contributed by atoms with Crippen molar-refractivity contribution in [1.29, 1.82) is 0 Å². The van der Waals surface area contributed by atoms with E-state index in [1.165, 1.54) is 6.07 Å². The summed E-state index contributed by atoms with van der Waals surface area (Å²) in [6.45, 7) is 3.54. The van der Waals surface area contributed by atoms with Crippen LogP contribution < -0.4 is 9.47 Å². The average Bonchev–Trinajstić information content (AvgIpc) is 3.12. The van der Waals surface area contributed by atoms with E-state index >= 15 is 0 Å². The Morgan fingerprint density at radius 1 is 1.00 bits per heavy atom. The highest BCUT2D eigenvalue weighted by molar-refractivity contribution is 6.36. The molecule has 1 saturated heterocycles. The van der Waals surface area contributed by atoms with Crippen molar-refractivity contribution in [2.75, 3.05) is 33.0 Å². The van der Waals surface area contributed by atoms with Gasteiger partial charge in [-0.2, -0.15) is 0 Å². The number of piperazine rings is 1. The Morgan fingerprint density at radius 3 is 2.52 bits per heavy atom. The summed E-state index contributed by atoms with van der Waals surface area (Å²) in [6, 6.07) is 8.28.